The fraction of sp³-hybridized carbons (Fsp3) is 0.571. The summed E-state index contributed by atoms with van der Waals surface area (Å²) in [6.45, 7) is 7.04. The highest BCUT2D eigenvalue weighted by molar-refractivity contribution is 5.69. The molecule has 1 fully saturated rings. The number of nitrogens with one attached hydrogen (secondary N) is 1. The molecule has 1 aliphatic heterocycles. The minimum absolute atomic E-state index is 0.0415. The molecule has 0 aliphatic carbocycles. The highest BCUT2D eigenvalue weighted by Gasteiger charge is 2.28. The van der Waals surface area contributed by atoms with E-state index >= 15 is 0 Å². The van der Waals surface area contributed by atoms with Gasteiger partial charge in [0.15, 0.2) is 5.82 Å². The summed E-state index contributed by atoms with van der Waals surface area (Å²) in [6.07, 6.45) is 5.64. The van der Waals surface area contributed by atoms with Crippen LogP contribution < -0.4 is 10.2 Å². The van der Waals surface area contributed by atoms with Crippen molar-refractivity contribution in [2.45, 2.75) is 38.8 Å². The normalized spacial score (nSPS) is 18.7. The summed E-state index contributed by atoms with van der Waals surface area (Å²) in [5.74, 6) is 0.786. The monoisotopic (exact) mass is 304 g/mol. The number of amides is 1. The van der Waals surface area contributed by atoms with Crippen LogP contribution in [0.3, 0.4) is 0 Å². The van der Waals surface area contributed by atoms with Crippen molar-refractivity contribution in [3.63, 3.8) is 0 Å². The summed E-state index contributed by atoms with van der Waals surface area (Å²) >= 11 is 0. The van der Waals surface area contributed by atoms with Crippen LogP contribution in [0.25, 0.3) is 5.65 Å². The van der Waals surface area contributed by atoms with Gasteiger partial charge >= 0.3 is 6.09 Å². The standard InChI is InChI=1S/C14H20N6O2/c1-14(2,3)22-13(21)17-10-4-6-19(8-10)11-12-18-16-9-20(12)7-5-15-11/h5,7,9-10H,4,6,8H2,1-3H3,(H,17,21)/t10-/m0/s1. The molecule has 1 saturated heterocycles. The smallest absolute Gasteiger partial charge is 0.407 e. The Kier molecular flexibility index (Phi) is 3.59. The van der Waals surface area contributed by atoms with Gasteiger partial charge in [0, 0.05) is 25.5 Å². The van der Waals surface area contributed by atoms with Crippen LogP contribution in [0, 0.1) is 0 Å². The average molecular weight is 304 g/mol. The summed E-state index contributed by atoms with van der Waals surface area (Å²) in [5, 5.41) is 10.9. The highest BCUT2D eigenvalue weighted by Crippen LogP contribution is 2.21. The zero-order chi connectivity index (χ0) is 15.7. The van der Waals surface area contributed by atoms with E-state index in [1.165, 1.54) is 0 Å². The number of hydrogen-bond acceptors (Lipinski definition) is 6. The van der Waals surface area contributed by atoms with Gasteiger partial charge in [0.2, 0.25) is 5.65 Å². The molecule has 1 atom stereocenters. The third-order valence-electron chi connectivity index (χ3n) is 3.41. The molecule has 1 N–H and O–H groups in total. The van der Waals surface area contributed by atoms with Crippen molar-refractivity contribution < 1.29 is 9.53 Å². The maximum absolute atomic E-state index is 11.8. The molecule has 0 saturated carbocycles. The maximum atomic E-state index is 11.8. The van der Waals surface area contributed by atoms with Gasteiger partial charge in [-0.3, -0.25) is 4.40 Å². The van der Waals surface area contributed by atoms with E-state index < -0.39 is 5.60 Å². The van der Waals surface area contributed by atoms with Gasteiger partial charge in [0.25, 0.3) is 0 Å². The number of fused-ring (bicyclic) bond motifs is 1. The number of anilines is 1. The summed E-state index contributed by atoms with van der Waals surface area (Å²) in [6, 6.07) is 0.0415. The van der Waals surface area contributed by atoms with Crippen LogP contribution in [0.15, 0.2) is 18.7 Å². The number of nitrogens with zero attached hydrogens (tertiary/aromatic N) is 5. The van der Waals surface area contributed by atoms with Gasteiger partial charge in [-0.2, -0.15) is 0 Å². The second-order valence-electron chi connectivity index (χ2n) is 6.39. The van der Waals surface area contributed by atoms with Gasteiger partial charge in [-0.05, 0) is 27.2 Å². The molecule has 2 aromatic heterocycles. The zero-order valence-corrected chi connectivity index (χ0v) is 13.0. The topological polar surface area (TPSA) is 84.7 Å². The Morgan fingerprint density at radius 2 is 2.27 bits per heavy atom. The van der Waals surface area contributed by atoms with Crippen LogP contribution in [0.5, 0.6) is 0 Å². The van der Waals surface area contributed by atoms with Gasteiger partial charge in [-0.25, -0.2) is 9.78 Å². The molecule has 3 heterocycles. The van der Waals surface area contributed by atoms with Gasteiger partial charge < -0.3 is 15.0 Å². The molecular formula is C14H20N6O2. The third-order valence-corrected chi connectivity index (χ3v) is 3.41. The molecule has 22 heavy (non-hydrogen) atoms. The van der Waals surface area contributed by atoms with Crippen molar-refractivity contribution >= 4 is 17.6 Å². The molecule has 0 aromatic carbocycles. The number of carbonyl (C=O) groups excluding carboxylic acids is 1. The summed E-state index contributed by atoms with van der Waals surface area (Å²) in [5.41, 5.74) is 0.234. The van der Waals surface area contributed by atoms with E-state index in [4.69, 9.17) is 4.74 Å². The SMILES string of the molecule is CC(C)(C)OC(=O)N[C@H]1CCN(c2nccn3cnnc23)C1. The lowest BCUT2D eigenvalue weighted by atomic mass is 10.2. The predicted octanol–water partition coefficient (Wildman–Crippen LogP) is 1.23. The lowest BCUT2D eigenvalue weighted by Gasteiger charge is -2.22. The van der Waals surface area contributed by atoms with E-state index in [1.54, 1.807) is 12.5 Å². The summed E-state index contributed by atoms with van der Waals surface area (Å²) in [4.78, 5) is 18.3. The molecule has 8 heteroatoms. The Bertz CT molecular complexity index is 677. The van der Waals surface area contributed by atoms with Crippen LogP contribution in [0.2, 0.25) is 0 Å². The molecule has 0 unspecified atom stereocenters. The zero-order valence-electron chi connectivity index (χ0n) is 13.0. The van der Waals surface area contributed by atoms with Gasteiger partial charge in [-0.15, -0.1) is 10.2 Å². The fourth-order valence-corrected chi connectivity index (χ4v) is 2.51. The van der Waals surface area contributed by atoms with Crippen LogP contribution in [-0.2, 0) is 4.74 Å². The number of alkyl carbamates (subject to hydrolysis) is 1. The quantitative estimate of drug-likeness (QED) is 0.898. The van der Waals surface area contributed by atoms with Gasteiger partial charge in [0.1, 0.15) is 11.9 Å². The molecule has 0 bridgehead atoms. The van der Waals surface area contributed by atoms with Crippen molar-refractivity contribution in [2.75, 3.05) is 18.0 Å². The van der Waals surface area contributed by atoms with E-state index in [0.29, 0.717) is 6.54 Å². The van der Waals surface area contributed by atoms with Crippen molar-refractivity contribution in [2.24, 2.45) is 0 Å². The number of aromatic nitrogens is 4. The largest absolute Gasteiger partial charge is 0.444 e. The van der Waals surface area contributed by atoms with Crippen LogP contribution in [-0.4, -0.2) is 50.4 Å². The van der Waals surface area contributed by atoms with Crippen molar-refractivity contribution in [3.05, 3.63) is 18.7 Å². The Hall–Kier alpha value is -2.38. The van der Waals surface area contributed by atoms with Crippen molar-refractivity contribution in [3.8, 4) is 0 Å². The molecule has 1 amide bonds. The molecule has 8 nitrogen and oxygen atoms in total. The minimum atomic E-state index is -0.489. The molecule has 0 radical (unpaired) electrons. The maximum Gasteiger partial charge on any atom is 0.407 e. The minimum Gasteiger partial charge on any atom is -0.444 e. The second-order valence-corrected chi connectivity index (χ2v) is 6.39. The lowest BCUT2D eigenvalue weighted by molar-refractivity contribution is 0.0509. The van der Waals surface area contributed by atoms with Gasteiger partial charge in [-0.1, -0.05) is 0 Å². The van der Waals surface area contributed by atoms with E-state index in [0.717, 1.165) is 24.4 Å². The third kappa shape index (κ3) is 3.10. The predicted molar refractivity (Wildman–Crippen MR) is 80.8 cm³/mol. The van der Waals surface area contributed by atoms with Crippen LogP contribution >= 0.6 is 0 Å². The average Bonchev–Trinajstić information content (AvgIpc) is 3.04. The fourth-order valence-electron chi connectivity index (χ4n) is 2.51. The summed E-state index contributed by atoms with van der Waals surface area (Å²) < 4.78 is 7.12. The molecule has 0 spiro atoms. The molecule has 118 valence electrons. The van der Waals surface area contributed by atoms with E-state index in [-0.39, 0.29) is 12.1 Å². The Morgan fingerprint density at radius 3 is 3.05 bits per heavy atom. The van der Waals surface area contributed by atoms with Crippen LogP contribution in [0.1, 0.15) is 27.2 Å². The number of hydrogen-bond donors (Lipinski definition) is 1. The highest BCUT2D eigenvalue weighted by atomic mass is 16.6. The first-order valence-electron chi connectivity index (χ1n) is 7.31. The molecule has 1 aliphatic rings. The second kappa shape index (κ2) is 5.43. The first kappa shape index (κ1) is 14.6. The Morgan fingerprint density at radius 1 is 1.45 bits per heavy atom. The first-order valence-corrected chi connectivity index (χ1v) is 7.31. The number of carbonyl (C=O) groups is 1. The Balaban J connectivity index is 1.65. The first-order chi connectivity index (χ1) is 10.4. The van der Waals surface area contributed by atoms with E-state index in [2.05, 4.69) is 25.4 Å². The van der Waals surface area contributed by atoms with Crippen LogP contribution in [0.4, 0.5) is 10.6 Å². The van der Waals surface area contributed by atoms with Gasteiger partial charge in [0.05, 0.1) is 6.04 Å². The lowest BCUT2D eigenvalue weighted by Crippen LogP contribution is -2.40. The van der Waals surface area contributed by atoms with Crippen molar-refractivity contribution in [1.82, 2.24) is 24.9 Å². The molecule has 3 rings (SSSR count). The van der Waals surface area contributed by atoms with E-state index in [9.17, 15) is 4.79 Å². The number of ether oxygens (including phenoxy) is 1. The summed E-state index contributed by atoms with van der Waals surface area (Å²) in [7, 11) is 0. The molecule has 2 aromatic rings. The van der Waals surface area contributed by atoms with E-state index in [1.807, 2.05) is 31.4 Å². The molecular weight excluding hydrogens is 284 g/mol. The Labute approximate surface area is 128 Å². The van der Waals surface area contributed by atoms with Crippen molar-refractivity contribution in [1.29, 1.82) is 0 Å². The number of rotatable bonds is 2.